The van der Waals surface area contributed by atoms with Crippen LogP contribution in [-0.2, 0) is 6.18 Å². The maximum absolute atomic E-state index is 13.1. The van der Waals surface area contributed by atoms with Crippen molar-refractivity contribution in [2.24, 2.45) is 0 Å². The van der Waals surface area contributed by atoms with Gasteiger partial charge in [-0.25, -0.2) is 4.98 Å². The maximum atomic E-state index is 13.1. The third-order valence-corrected chi connectivity index (χ3v) is 4.42. The van der Waals surface area contributed by atoms with Crippen LogP contribution in [-0.4, -0.2) is 17.1 Å². The van der Waals surface area contributed by atoms with Crippen LogP contribution in [0.4, 0.5) is 18.9 Å². The number of hydrogen-bond donors (Lipinski definition) is 1. The van der Waals surface area contributed by atoms with Crippen LogP contribution in [0.3, 0.4) is 0 Å². The van der Waals surface area contributed by atoms with E-state index >= 15 is 0 Å². The van der Waals surface area contributed by atoms with Gasteiger partial charge in [-0.3, -0.25) is 0 Å². The average molecular weight is 361 g/mol. The van der Waals surface area contributed by atoms with E-state index in [-0.39, 0.29) is 17.7 Å². The molecule has 0 amide bonds. The highest BCUT2D eigenvalue weighted by Crippen LogP contribution is 2.34. The van der Waals surface area contributed by atoms with E-state index in [9.17, 15) is 13.2 Å². The molecule has 0 saturated heterocycles. The molecule has 136 valence electrons. The van der Waals surface area contributed by atoms with E-state index in [2.05, 4.69) is 10.3 Å². The number of pyridine rings is 1. The first kappa shape index (κ1) is 18.1. The average Bonchev–Trinajstić information content (AvgIpc) is 2.63. The molecule has 26 heavy (non-hydrogen) atoms. The zero-order chi connectivity index (χ0) is 18.6. The molecule has 4 nitrogen and oxygen atoms in total. The van der Waals surface area contributed by atoms with Gasteiger partial charge < -0.3 is 10.1 Å². The van der Waals surface area contributed by atoms with Crippen molar-refractivity contribution in [2.45, 2.75) is 44.0 Å². The molecule has 1 fully saturated rings. The number of rotatable bonds is 4. The van der Waals surface area contributed by atoms with E-state index in [1.807, 2.05) is 12.1 Å². The number of nitrogens with zero attached hydrogens (tertiary/aromatic N) is 2. The molecule has 1 heterocycles. The van der Waals surface area contributed by atoms with Crippen LogP contribution in [0.25, 0.3) is 0 Å². The minimum Gasteiger partial charge on any atom is -0.474 e. The summed E-state index contributed by atoms with van der Waals surface area (Å²) in [4.78, 5) is 4.14. The summed E-state index contributed by atoms with van der Waals surface area (Å²) in [5.74, 6) is 0.589. The van der Waals surface area contributed by atoms with Crippen LogP contribution in [0, 0.1) is 11.3 Å². The second kappa shape index (κ2) is 7.65. The smallest absolute Gasteiger partial charge is 0.417 e. The summed E-state index contributed by atoms with van der Waals surface area (Å²) in [6, 6.07) is 10.9. The van der Waals surface area contributed by atoms with Crippen molar-refractivity contribution in [3.8, 4) is 11.9 Å². The molecule has 1 aliphatic carbocycles. The first-order chi connectivity index (χ1) is 12.5. The summed E-state index contributed by atoms with van der Waals surface area (Å²) in [7, 11) is 0. The fourth-order valence-electron chi connectivity index (χ4n) is 3.11. The molecule has 0 spiro atoms. The van der Waals surface area contributed by atoms with Crippen LogP contribution in [0.5, 0.6) is 5.88 Å². The molecule has 0 atom stereocenters. The van der Waals surface area contributed by atoms with E-state index in [1.54, 1.807) is 18.3 Å². The van der Waals surface area contributed by atoms with Crippen molar-refractivity contribution >= 4 is 5.69 Å². The Hall–Kier alpha value is -2.75. The molecule has 3 rings (SSSR count). The number of nitriles is 1. The second-order valence-electron chi connectivity index (χ2n) is 6.27. The Kier molecular flexibility index (Phi) is 5.31. The van der Waals surface area contributed by atoms with Gasteiger partial charge in [0.2, 0.25) is 5.88 Å². The van der Waals surface area contributed by atoms with Crippen molar-refractivity contribution < 1.29 is 17.9 Å². The number of alkyl halides is 3. The van der Waals surface area contributed by atoms with Crippen molar-refractivity contribution in [2.75, 3.05) is 5.32 Å². The van der Waals surface area contributed by atoms with Gasteiger partial charge >= 0.3 is 6.18 Å². The lowest BCUT2D eigenvalue weighted by molar-refractivity contribution is -0.137. The SMILES string of the molecule is N#Cc1ccc(NC2CCC(Oc3ccccn3)CC2)cc1C(F)(F)F. The molecule has 0 bridgehead atoms. The van der Waals surface area contributed by atoms with Crippen LogP contribution < -0.4 is 10.1 Å². The largest absolute Gasteiger partial charge is 0.474 e. The first-order valence-corrected chi connectivity index (χ1v) is 8.41. The Bertz CT molecular complexity index is 779. The topological polar surface area (TPSA) is 57.9 Å². The van der Waals surface area contributed by atoms with Gasteiger partial charge in [0.1, 0.15) is 6.10 Å². The highest BCUT2D eigenvalue weighted by atomic mass is 19.4. The Balaban J connectivity index is 1.59. The highest BCUT2D eigenvalue weighted by Gasteiger charge is 2.34. The summed E-state index contributed by atoms with van der Waals surface area (Å²) in [5, 5.41) is 12.0. The van der Waals surface area contributed by atoms with Gasteiger partial charge in [0.25, 0.3) is 0 Å². The number of aromatic nitrogens is 1. The van der Waals surface area contributed by atoms with Gasteiger partial charge in [0.05, 0.1) is 17.2 Å². The van der Waals surface area contributed by atoms with E-state index in [4.69, 9.17) is 10.00 Å². The second-order valence-corrected chi connectivity index (χ2v) is 6.27. The molecule has 1 N–H and O–H groups in total. The molecule has 0 aliphatic heterocycles. The standard InChI is InChI=1S/C19H18F3N3O/c20-19(21,22)17-11-15(5-4-13(17)12-23)25-14-6-8-16(9-7-14)26-18-3-1-2-10-24-18/h1-5,10-11,14,16,25H,6-9H2. The summed E-state index contributed by atoms with van der Waals surface area (Å²) in [5.41, 5.74) is -0.891. The number of nitrogens with one attached hydrogen (secondary N) is 1. The molecular weight excluding hydrogens is 343 g/mol. The normalized spacial score (nSPS) is 20.2. The third kappa shape index (κ3) is 4.45. The molecule has 1 aliphatic rings. The quantitative estimate of drug-likeness (QED) is 0.852. The summed E-state index contributed by atoms with van der Waals surface area (Å²) in [6.07, 6.45) is 0.378. The highest BCUT2D eigenvalue weighted by molar-refractivity contribution is 5.53. The molecule has 1 saturated carbocycles. The van der Waals surface area contributed by atoms with Gasteiger partial charge in [-0.05, 0) is 49.9 Å². The lowest BCUT2D eigenvalue weighted by atomic mass is 9.92. The molecule has 0 unspecified atom stereocenters. The van der Waals surface area contributed by atoms with Crippen LogP contribution in [0.2, 0.25) is 0 Å². The van der Waals surface area contributed by atoms with E-state index in [1.165, 1.54) is 12.1 Å². The first-order valence-electron chi connectivity index (χ1n) is 8.41. The van der Waals surface area contributed by atoms with Crippen molar-refractivity contribution in [1.82, 2.24) is 4.98 Å². The zero-order valence-corrected chi connectivity index (χ0v) is 14.0. The van der Waals surface area contributed by atoms with Crippen LogP contribution >= 0.6 is 0 Å². The summed E-state index contributed by atoms with van der Waals surface area (Å²) < 4.78 is 45.0. The molecular formula is C19H18F3N3O. The number of anilines is 1. The molecule has 0 radical (unpaired) electrons. The number of hydrogen-bond acceptors (Lipinski definition) is 4. The summed E-state index contributed by atoms with van der Waals surface area (Å²) in [6.45, 7) is 0. The fraction of sp³-hybridized carbons (Fsp3) is 0.368. The molecule has 1 aromatic carbocycles. The number of halogens is 3. The van der Waals surface area contributed by atoms with Crippen molar-refractivity contribution in [3.05, 3.63) is 53.7 Å². The lowest BCUT2D eigenvalue weighted by Gasteiger charge is -2.30. The number of benzene rings is 1. The maximum Gasteiger partial charge on any atom is 0.417 e. The Morgan fingerprint density at radius 1 is 1.12 bits per heavy atom. The molecule has 1 aromatic heterocycles. The minimum absolute atomic E-state index is 0.0645. The Morgan fingerprint density at radius 3 is 2.50 bits per heavy atom. The van der Waals surface area contributed by atoms with Gasteiger partial charge in [-0.15, -0.1) is 0 Å². The van der Waals surface area contributed by atoms with E-state index in [0.717, 1.165) is 31.7 Å². The summed E-state index contributed by atoms with van der Waals surface area (Å²) >= 11 is 0. The molecule has 7 heteroatoms. The Morgan fingerprint density at radius 2 is 1.88 bits per heavy atom. The lowest BCUT2D eigenvalue weighted by Crippen LogP contribution is -2.31. The monoisotopic (exact) mass is 361 g/mol. The number of ether oxygens (including phenoxy) is 1. The van der Waals surface area contributed by atoms with Crippen molar-refractivity contribution in [1.29, 1.82) is 5.26 Å². The van der Waals surface area contributed by atoms with Crippen molar-refractivity contribution in [3.63, 3.8) is 0 Å². The predicted octanol–water partition coefficient (Wildman–Crippen LogP) is 4.77. The van der Waals surface area contributed by atoms with E-state index in [0.29, 0.717) is 11.6 Å². The van der Waals surface area contributed by atoms with Crippen LogP contribution in [0.1, 0.15) is 36.8 Å². The predicted molar refractivity (Wildman–Crippen MR) is 90.7 cm³/mol. The van der Waals surface area contributed by atoms with Crippen LogP contribution in [0.15, 0.2) is 42.6 Å². The Labute approximate surface area is 149 Å². The fourth-order valence-corrected chi connectivity index (χ4v) is 3.11. The third-order valence-electron chi connectivity index (χ3n) is 4.42. The van der Waals surface area contributed by atoms with Gasteiger partial charge in [-0.1, -0.05) is 6.07 Å². The molecule has 2 aromatic rings. The zero-order valence-electron chi connectivity index (χ0n) is 14.0. The van der Waals surface area contributed by atoms with Gasteiger partial charge in [0, 0.05) is 24.0 Å². The van der Waals surface area contributed by atoms with E-state index < -0.39 is 11.7 Å². The van der Waals surface area contributed by atoms with Gasteiger partial charge in [0.15, 0.2) is 0 Å². The van der Waals surface area contributed by atoms with Gasteiger partial charge in [-0.2, -0.15) is 18.4 Å². The minimum atomic E-state index is -4.54.